The lowest BCUT2D eigenvalue weighted by molar-refractivity contribution is -0.145. The summed E-state index contributed by atoms with van der Waals surface area (Å²) < 4.78 is 15.9. The van der Waals surface area contributed by atoms with Crippen LogP contribution in [0, 0.1) is 5.41 Å². The van der Waals surface area contributed by atoms with E-state index >= 15 is 0 Å². The largest absolute Gasteiger partial charge is 0.388 e. The Morgan fingerprint density at radius 2 is 2.00 bits per heavy atom. The molecule has 0 aliphatic carbocycles. The molecular weight excluding hydrogens is 208 g/mol. The Bertz CT molecular complexity index is 180. The van der Waals surface area contributed by atoms with Gasteiger partial charge >= 0.3 is 0 Å². The summed E-state index contributed by atoms with van der Waals surface area (Å²) >= 11 is 0. The van der Waals surface area contributed by atoms with E-state index in [1.165, 1.54) is 0 Å². The standard InChI is InChI=1S/C12H24O4/c1-3-4-5-14-6-11(13)7-15-8-12(2)9-16-10-12/h11,13H,3-10H2,1-2H3. The normalized spacial score (nSPS) is 20.4. The Kier molecular flexibility index (Phi) is 6.28. The third kappa shape index (κ3) is 5.25. The van der Waals surface area contributed by atoms with Gasteiger partial charge in [-0.15, -0.1) is 0 Å². The minimum absolute atomic E-state index is 0.156. The van der Waals surface area contributed by atoms with Gasteiger partial charge in [-0.25, -0.2) is 0 Å². The Hall–Kier alpha value is -0.160. The fraction of sp³-hybridized carbons (Fsp3) is 1.00. The van der Waals surface area contributed by atoms with Gasteiger partial charge < -0.3 is 19.3 Å². The summed E-state index contributed by atoms with van der Waals surface area (Å²) in [6, 6.07) is 0. The van der Waals surface area contributed by atoms with Crippen molar-refractivity contribution in [3.8, 4) is 0 Å². The van der Waals surface area contributed by atoms with Crippen LogP contribution in [0.15, 0.2) is 0 Å². The number of hydrogen-bond acceptors (Lipinski definition) is 4. The molecule has 96 valence electrons. The zero-order valence-electron chi connectivity index (χ0n) is 10.4. The van der Waals surface area contributed by atoms with Crippen molar-refractivity contribution < 1.29 is 19.3 Å². The lowest BCUT2D eigenvalue weighted by atomic mass is 9.90. The van der Waals surface area contributed by atoms with Crippen LogP contribution in [-0.2, 0) is 14.2 Å². The third-order valence-electron chi connectivity index (χ3n) is 2.61. The Balaban J connectivity index is 1.91. The molecule has 0 spiro atoms. The first-order chi connectivity index (χ1) is 7.66. The van der Waals surface area contributed by atoms with Crippen LogP contribution in [0.3, 0.4) is 0 Å². The lowest BCUT2D eigenvalue weighted by Crippen LogP contribution is -2.44. The van der Waals surface area contributed by atoms with E-state index in [2.05, 4.69) is 13.8 Å². The van der Waals surface area contributed by atoms with Crippen molar-refractivity contribution in [2.45, 2.75) is 32.8 Å². The van der Waals surface area contributed by atoms with Crippen LogP contribution in [0.4, 0.5) is 0 Å². The fourth-order valence-corrected chi connectivity index (χ4v) is 1.49. The van der Waals surface area contributed by atoms with Gasteiger partial charge in [-0.05, 0) is 6.42 Å². The van der Waals surface area contributed by atoms with Gasteiger partial charge in [0.1, 0.15) is 6.10 Å². The number of rotatable bonds is 9. The van der Waals surface area contributed by atoms with E-state index in [9.17, 15) is 5.11 Å². The van der Waals surface area contributed by atoms with Crippen molar-refractivity contribution in [2.24, 2.45) is 5.41 Å². The van der Waals surface area contributed by atoms with Crippen molar-refractivity contribution in [1.82, 2.24) is 0 Å². The molecule has 1 heterocycles. The van der Waals surface area contributed by atoms with Crippen LogP contribution < -0.4 is 0 Å². The minimum Gasteiger partial charge on any atom is -0.388 e. The van der Waals surface area contributed by atoms with Crippen LogP contribution in [-0.4, -0.2) is 50.9 Å². The summed E-state index contributed by atoms with van der Waals surface area (Å²) in [5, 5.41) is 9.55. The van der Waals surface area contributed by atoms with Crippen LogP contribution in [0.5, 0.6) is 0 Å². The van der Waals surface area contributed by atoms with E-state index in [1.807, 2.05) is 0 Å². The van der Waals surface area contributed by atoms with E-state index < -0.39 is 6.10 Å². The molecule has 1 aliphatic rings. The summed E-state index contributed by atoms with van der Waals surface area (Å²) in [4.78, 5) is 0. The highest BCUT2D eigenvalue weighted by Crippen LogP contribution is 2.26. The summed E-state index contributed by atoms with van der Waals surface area (Å²) in [6.45, 7) is 7.85. The molecule has 1 N–H and O–H groups in total. The molecule has 1 unspecified atom stereocenters. The van der Waals surface area contributed by atoms with Gasteiger partial charge in [0.05, 0.1) is 33.0 Å². The molecule has 0 aromatic rings. The zero-order valence-corrected chi connectivity index (χ0v) is 10.4. The number of hydrogen-bond donors (Lipinski definition) is 1. The number of unbranched alkanes of at least 4 members (excludes halogenated alkanes) is 1. The minimum atomic E-state index is -0.513. The summed E-state index contributed by atoms with van der Waals surface area (Å²) in [6.07, 6.45) is 1.65. The van der Waals surface area contributed by atoms with Gasteiger partial charge in [0.15, 0.2) is 0 Å². The van der Waals surface area contributed by atoms with Gasteiger partial charge in [-0.2, -0.15) is 0 Å². The molecule has 1 fully saturated rings. The smallest absolute Gasteiger partial charge is 0.101 e. The Morgan fingerprint density at radius 3 is 2.56 bits per heavy atom. The predicted octanol–water partition coefficient (Wildman–Crippen LogP) is 1.22. The molecule has 0 aromatic carbocycles. The molecule has 0 saturated carbocycles. The summed E-state index contributed by atoms with van der Waals surface area (Å²) in [7, 11) is 0. The van der Waals surface area contributed by atoms with Crippen molar-refractivity contribution in [1.29, 1.82) is 0 Å². The first kappa shape index (κ1) is 13.9. The number of aliphatic hydroxyl groups is 1. The van der Waals surface area contributed by atoms with Crippen molar-refractivity contribution >= 4 is 0 Å². The van der Waals surface area contributed by atoms with Gasteiger partial charge in [-0.3, -0.25) is 0 Å². The fourth-order valence-electron chi connectivity index (χ4n) is 1.49. The monoisotopic (exact) mass is 232 g/mol. The van der Waals surface area contributed by atoms with Crippen LogP contribution in [0.1, 0.15) is 26.7 Å². The van der Waals surface area contributed by atoms with E-state index in [-0.39, 0.29) is 5.41 Å². The van der Waals surface area contributed by atoms with E-state index in [0.717, 1.165) is 32.7 Å². The van der Waals surface area contributed by atoms with Crippen molar-refractivity contribution in [2.75, 3.05) is 39.6 Å². The topological polar surface area (TPSA) is 47.9 Å². The Morgan fingerprint density at radius 1 is 1.31 bits per heavy atom. The van der Waals surface area contributed by atoms with Crippen molar-refractivity contribution in [3.05, 3.63) is 0 Å². The molecule has 1 atom stereocenters. The maximum atomic E-state index is 9.55. The summed E-state index contributed by atoms with van der Waals surface area (Å²) in [5.41, 5.74) is 0.156. The second-order valence-electron chi connectivity index (χ2n) is 4.90. The van der Waals surface area contributed by atoms with E-state index in [4.69, 9.17) is 14.2 Å². The molecule has 0 bridgehead atoms. The average Bonchev–Trinajstić information content (AvgIpc) is 2.22. The Labute approximate surface area is 97.9 Å². The molecule has 4 nitrogen and oxygen atoms in total. The van der Waals surface area contributed by atoms with E-state index in [1.54, 1.807) is 0 Å². The highest BCUT2D eigenvalue weighted by molar-refractivity contribution is 4.80. The van der Waals surface area contributed by atoms with Gasteiger partial charge in [0, 0.05) is 12.0 Å². The second kappa shape index (κ2) is 7.22. The highest BCUT2D eigenvalue weighted by Gasteiger charge is 2.33. The molecular formula is C12H24O4. The zero-order chi connectivity index (χ0) is 11.9. The van der Waals surface area contributed by atoms with Gasteiger partial charge in [0.2, 0.25) is 0 Å². The molecule has 0 amide bonds. The van der Waals surface area contributed by atoms with E-state index in [0.29, 0.717) is 19.8 Å². The van der Waals surface area contributed by atoms with Crippen LogP contribution in [0.2, 0.25) is 0 Å². The van der Waals surface area contributed by atoms with Gasteiger partial charge in [-0.1, -0.05) is 20.3 Å². The summed E-state index contributed by atoms with van der Waals surface area (Å²) in [5.74, 6) is 0. The average molecular weight is 232 g/mol. The first-order valence-corrected chi connectivity index (χ1v) is 6.07. The molecule has 0 radical (unpaired) electrons. The SMILES string of the molecule is CCCCOCC(O)COCC1(C)COC1. The third-order valence-corrected chi connectivity index (χ3v) is 2.61. The predicted molar refractivity (Wildman–Crippen MR) is 61.5 cm³/mol. The first-order valence-electron chi connectivity index (χ1n) is 6.07. The number of aliphatic hydroxyl groups excluding tert-OH is 1. The highest BCUT2D eigenvalue weighted by atomic mass is 16.5. The molecule has 16 heavy (non-hydrogen) atoms. The lowest BCUT2D eigenvalue weighted by Gasteiger charge is -2.37. The maximum Gasteiger partial charge on any atom is 0.101 e. The van der Waals surface area contributed by atoms with Gasteiger partial charge in [0.25, 0.3) is 0 Å². The quantitative estimate of drug-likeness (QED) is 0.607. The molecule has 1 rings (SSSR count). The molecule has 1 saturated heterocycles. The molecule has 1 aliphatic heterocycles. The van der Waals surface area contributed by atoms with Crippen LogP contribution in [0.25, 0.3) is 0 Å². The maximum absolute atomic E-state index is 9.55. The van der Waals surface area contributed by atoms with Crippen molar-refractivity contribution in [3.63, 3.8) is 0 Å². The molecule has 0 aromatic heterocycles. The second-order valence-corrected chi connectivity index (χ2v) is 4.90. The number of ether oxygens (including phenoxy) is 3. The molecule has 4 heteroatoms. The van der Waals surface area contributed by atoms with Crippen LogP contribution >= 0.6 is 0 Å².